The highest BCUT2D eigenvalue weighted by molar-refractivity contribution is 7.32. The lowest BCUT2D eigenvalue weighted by atomic mass is 10.3. The van der Waals surface area contributed by atoms with Crippen LogP contribution in [0, 0.1) is 0 Å². The van der Waals surface area contributed by atoms with Crippen LogP contribution in [-0.2, 0) is 9.09 Å². The first-order valence-electron chi connectivity index (χ1n) is 2.70. The second-order valence-electron chi connectivity index (χ2n) is 1.60. The molecule has 1 N–H and O–H groups in total. The van der Waals surface area contributed by atoms with Gasteiger partial charge in [0.15, 0.2) is 0 Å². The average Bonchev–Trinajstić information content (AvgIpc) is 1.79. The highest BCUT2D eigenvalue weighted by Gasteiger charge is 2.11. The van der Waals surface area contributed by atoms with E-state index >= 15 is 0 Å². The Morgan fingerprint density at radius 2 is 2.20 bits per heavy atom. The smallest absolute Gasteiger partial charge is 0.211 e. The molecule has 0 bridgehead atoms. The van der Waals surface area contributed by atoms with Crippen molar-refractivity contribution in [3.8, 4) is 0 Å². The summed E-state index contributed by atoms with van der Waals surface area (Å²) in [6.45, 7) is -0.0873. The first-order valence-corrected chi connectivity index (χ1v) is 3.83. The molecule has 0 saturated heterocycles. The summed E-state index contributed by atoms with van der Waals surface area (Å²) in [5.74, 6) is 0. The molecule has 0 heterocycles. The van der Waals surface area contributed by atoms with Gasteiger partial charge in [-0.3, -0.25) is 0 Å². The maximum atomic E-state index is 11.4. The van der Waals surface area contributed by atoms with Crippen LogP contribution in [0.5, 0.6) is 0 Å². The molecule has 0 radical (unpaired) electrons. The molecule has 0 amide bonds. The zero-order valence-electron chi connectivity index (χ0n) is 5.17. The van der Waals surface area contributed by atoms with E-state index in [2.05, 4.69) is 4.52 Å². The van der Waals surface area contributed by atoms with Gasteiger partial charge in [-0.2, -0.15) is 0 Å². The molecule has 0 spiro atoms. The van der Waals surface area contributed by atoms with Crippen molar-refractivity contribution in [3.05, 3.63) is 0 Å². The van der Waals surface area contributed by atoms with Gasteiger partial charge in [0.25, 0.3) is 0 Å². The summed E-state index contributed by atoms with van der Waals surface area (Å²) in [4.78, 5) is 8.02. The van der Waals surface area contributed by atoms with Crippen molar-refractivity contribution in [1.29, 1.82) is 0 Å². The fraction of sp³-hybridized carbons (Fsp3) is 1.00. The van der Waals surface area contributed by atoms with Gasteiger partial charge in [0.05, 0.1) is 0 Å². The van der Waals surface area contributed by atoms with E-state index in [0.29, 0.717) is 0 Å². The Bertz CT molecular complexity index is 109. The van der Waals surface area contributed by atoms with Crippen molar-refractivity contribution in [2.45, 2.75) is 19.3 Å². The molecule has 6 heteroatoms. The average molecular weight is 173 g/mol. The Balaban J connectivity index is 2.98. The number of halogens is 2. The summed E-state index contributed by atoms with van der Waals surface area (Å²) in [7, 11) is -2.63. The van der Waals surface area contributed by atoms with E-state index in [-0.39, 0.29) is 19.4 Å². The Morgan fingerprint density at radius 1 is 1.60 bits per heavy atom. The minimum atomic E-state index is -2.63. The molecule has 1 atom stereocenters. The number of hydrogen-bond donors (Lipinski definition) is 1. The normalized spacial score (nSPS) is 12.2. The summed E-state index contributed by atoms with van der Waals surface area (Å²) < 4.78 is 36.6. The summed E-state index contributed by atoms with van der Waals surface area (Å²) >= 11 is 0. The van der Waals surface area contributed by atoms with Crippen LogP contribution in [0.3, 0.4) is 0 Å². The Labute approximate surface area is 58.0 Å². The number of rotatable bonds is 5. The van der Waals surface area contributed by atoms with Gasteiger partial charge in [0, 0.05) is 11.0 Å². The van der Waals surface area contributed by atoms with Crippen molar-refractivity contribution in [2.24, 2.45) is 0 Å². The SMILES string of the molecule is O=[P+](O)OCCCC(F)F. The van der Waals surface area contributed by atoms with Crippen molar-refractivity contribution < 1.29 is 22.8 Å². The minimum Gasteiger partial charge on any atom is -0.211 e. The van der Waals surface area contributed by atoms with Gasteiger partial charge in [-0.05, 0) is 6.42 Å². The van der Waals surface area contributed by atoms with Crippen LogP contribution >= 0.6 is 8.25 Å². The molecule has 0 rings (SSSR count). The first-order chi connectivity index (χ1) is 4.63. The fourth-order valence-corrected chi connectivity index (χ4v) is 0.666. The zero-order valence-corrected chi connectivity index (χ0v) is 6.06. The molecular formula is C4H8F2O3P+. The molecule has 0 aliphatic carbocycles. The summed E-state index contributed by atoms with van der Waals surface area (Å²) in [6, 6.07) is 0. The lowest BCUT2D eigenvalue weighted by Crippen LogP contribution is -1.93. The molecule has 0 aliphatic heterocycles. The molecule has 60 valence electrons. The molecule has 0 fully saturated rings. The predicted molar refractivity (Wildman–Crippen MR) is 31.0 cm³/mol. The van der Waals surface area contributed by atoms with Gasteiger partial charge >= 0.3 is 8.25 Å². The quantitative estimate of drug-likeness (QED) is 0.508. The van der Waals surface area contributed by atoms with Crippen LogP contribution < -0.4 is 0 Å². The molecule has 10 heavy (non-hydrogen) atoms. The summed E-state index contributed by atoms with van der Waals surface area (Å²) in [6.07, 6.45) is -2.54. The second kappa shape index (κ2) is 5.65. The first kappa shape index (κ1) is 9.88. The van der Waals surface area contributed by atoms with Crippen LogP contribution in [0.1, 0.15) is 12.8 Å². The number of hydrogen-bond acceptors (Lipinski definition) is 2. The van der Waals surface area contributed by atoms with Gasteiger partial charge < -0.3 is 0 Å². The number of alkyl halides is 2. The monoisotopic (exact) mass is 173 g/mol. The Kier molecular flexibility index (Phi) is 5.58. The maximum absolute atomic E-state index is 11.4. The van der Waals surface area contributed by atoms with E-state index in [1.807, 2.05) is 0 Å². The minimum absolute atomic E-state index is 0.0873. The van der Waals surface area contributed by atoms with E-state index < -0.39 is 14.7 Å². The zero-order chi connectivity index (χ0) is 7.98. The highest BCUT2D eigenvalue weighted by Crippen LogP contribution is 2.15. The third kappa shape index (κ3) is 7.88. The van der Waals surface area contributed by atoms with Crippen LogP contribution in [0.25, 0.3) is 0 Å². The van der Waals surface area contributed by atoms with Crippen molar-refractivity contribution in [2.75, 3.05) is 6.61 Å². The Hall–Kier alpha value is -0.120. The van der Waals surface area contributed by atoms with Crippen LogP contribution in [0.15, 0.2) is 0 Å². The van der Waals surface area contributed by atoms with E-state index in [9.17, 15) is 13.3 Å². The maximum Gasteiger partial charge on any atom is 0.694 e. The third-order valence-electron chi connectivity index (χ3n) is 0.768. The molecule has 0 aromatic heterocycles. The lowest BCUT2D eigenvalue weighted by molar-refractivity contribution is 0.126. The predicted octanol–water partition coefficient (Wildman–Crippen LogP) is 1.70. The van der Waals surface area contributed by atoms with Gasteiger partial charge in [-0.15, -0.1) is 9.42 Å². The summed E-state index contributed by atoms with van der Waals surface area (Å²) in [5.41, 5.74) is 0. The lowest BCUT2D eigenvalue weighted by Gasteiger charge is -1.92. The van der Waals surface area contributed by atoms with Crippen molar-refractivity contribution >= 4 is 8.25 Å². The van der Waals surface area contributed by atoms with E-state index in [1.165, 1.54) is 0 Å². The van der Waals surface area contributed by atoms with E-state index in [4.69, 9.17) is 4.89 Å². The third-order valence-corrected chi connectivity index (χ3v) is 1.17. The molecule has 0 aliphatic rings. The van der Waals surface area contributed by atoms with Crippen LogP contribution in [0.4, 0.5) is 8.78 Å². The Morgan fingerprint density at radius 3 is 2.60 bits per heavy atom. The van der Waals surface area contributed by atoms with Gasteiger partial charge in [0.2, 0.25) is 6.43 Å². The van der Waals surface area contributed by atoms with Gasteiger partial charge in [-0.25, -0.2) is 8.78 Å². The molecular weight excluding hydrogens is 165 g/mol. The highest BCUT2D eigenvalue weighted by atomic mass is 31.1. The van der Waals surface area contributed by atoms with E-state index in [1.54, 1.807) is 0 Å². The fourth-order valence-electron chi connectivity index (χ4n) is 0.380. The molecule has 1 unspecified atom stereocenters. The van der Waals surface area contributed by atoms with Crippen molar-refractivity contribution in [1.82, 2.24) is 0 Å². The van der Waals surface area contributed by atoms with Crippen molar-refractivity contribution in [3.63, 3.8) is 0 Å². The topological polar surface area (TPSA) is 46.5 Å². The molecule has 0 aromatic carbocycles. The molecule has 0 saturated carbocycles. The van der Waals surface area contributed by atoms with Gasteiger partial charge in [0.1, 0.15) is 6.61 Å². The second-order valence-corrected chi connectivity index (χ2v) is 2.34. The molecule has 3 nitrogen and oxygen atoms in total. The standard InChI is InChI=1S/C4H7F2O3P/c5-4(6)2-1-3-9-10(7)8/h4H,1-3H2/p+1. The van der Waals surface area contributed by atoms with E-state index in [0.717, 1.165) is 0 Å². The molecule has 0 aromatic rings. The summed E-state index contributed by atoms with van der Waals surface area (Å²) in [5, 5.41) is 0. The van der Waals surface area contributed by atoms with Crippen LogP contribution in [-0.4, -0.2) is 17.9 Å². The van der Waals surface area contributed by atoms with Crippen LogP contribution in [0.2, 0.25) is 0 Å². The van der Waals surface area contributed by atoms with Gasteiger partial charge in [-0.1, -0.05) is 0 Å². The largest absolute Gasteiger partial charge is 0.694 e.